The fourth-order valence-electron chi connectivity index (χ4n) is 1.04. The van der Waals surface area contributed by atoms with Crippen LogP contribution in [0.5, 0.6) is 0 Å². The monoisotopic (exact) mass is 213 g/mol. The van der Waals surface area contributed by atoms with Crippen molar-refractivity contribution in [3.05, 3.63) is 17.5 Å². The molecule has 0 saturated carbocycles. The Kier molecular flexibility index (Phi) is 3.40. The van der Waals surface area contributed by atoms with Crippen LogP contribution in [0.2, 0.25) is 0 Å². The number of carboxylic acid groups (broad SMARTS) is 1. The van der Waals surface area contributed by atoms with Crippen molar-refractivity contribution in [3.8, 4) is 0 Å². The van der Waals surface area contributed by atoms with Gasteiger partial charge in [0, 0.05) is 13.2 Å². The summed E-state index contributed by atoms with van der Waals surface area (Å²) in [6.07, 6.45) is 1.52. The van der Waals surface area contributed by atoms with Crippen LogP contribution in [0.25, 0.3) is 0 Å². The number of carbonyl (C=O) groups is 2. The highest BCUT2D eigenvalue weighted by atomic mass is 16.7. The average molecular weight is 213 g/mol. The number of hydrogen-bond donors (Lipinski definition) is 2. The van der Waals surface area contributed by atoms with E-state index in [0.717, 1.165) is 0 Å². The van der Waals surface area contributed by atoms with Crippen molar-refractivity contribution in [2.24, 2.45) is 7.05 Å². The van der Waals surface area contributed by atoms with Crippen molar-refractivity contribution in [2.45, 2.75) is 6.92 Å². The van der Waals surface area contributed by atoms with E-state index in [9.17, 15) is 9.59 Å². The highest BCUT2D eigenvalue weighted by molar-refractivity contribution is 5.94. The number of aliphatic carboxylic acids is 1. The van der Waals surface area contributed by atoms with Crippen LogP contribution in [0.1, 0.15) is 16.1 Å². The minimum Gasteiger partial charge on any atom is -0.479 e. The predicted octanol–water partition coefficient (Wildman–Crippen LogP) is -0.525. The maximum Gasteiger partial charge on any atom is 0.332 e. The number of carbonyl (C=O) groups excluding carboxylic acids is 1. The highest BCUT2D eigenvalue weighted by Gasteiger charge is 2.12. The van der Waals surface area contributed by atoms with E-state index in [1.54, 1.807) is 14.0 Å². The highest BCUT2D eigenvalue weighted by Crippen LogP contribution is 2.03. The van der Waals surface area contributed by atoms with Crippen molar-refractivity contribution in [1.29, 1.82) is 0 Å². The van der Waals surface area contributed by atoms with Crippen molar-refractivity contribution in [2.75, 3.05) is 6.61 Å². The number of aryl methyl sites for hydroxylation is 2. The second kappa shape index (κ2) is 4.56. The molecule has 1 amide bonds. The van der Waals surface area contributed by atoms with Gasteiger partial charge in [-0.05, 0) is 6.92 Å². The molecule has 0 bridgehead atoms. The molecular weight excluding hydrogens is 202 g/mol. The summed E-state index contributed by atoms with van der Waals surface area (Å²) >= 11 is 0. The molecule has 7 nitrogen and oxygen atoms in total. The second-order valence-corrected chi connectivity index (χ2v) is 2.92. The second-order valence-electron chi connectivity index (χ2n) is 2.92. The van der Waals surface area contributed by atoms with Crippen LogP contribution in [0.4, 0.5) is 0 Å². The van der Waals surface area contributed by atoms with Gasteiger partial charge in [0.2, 0.25) is 0 Å². The molecule has 0 aliphatic heterocycles. The quantitative estimate of drug-likeness (QED) is 0.656. The van der Waals surface area contributed by atoms with Gasteiger partial charge in [0.1, 0.15) is 0 Å². The predicted molar refractivity (Wildman–Crippen MR) is 49.0 cm³/mol. The van der Waals surface area contributed by atoms with Crippen LogP contribution in [0.3, 0.4) is 0 Å². The van der Waals surface area contributed by atoms with Crippen LogP contribution >= 0.6 is 0 Å². The Morgan fingerprint density at radius 3 is 2.80 bits per heavy atom. The molecule has 82 valence electrons. The van der Waals surface area contributed by atoms with E-state index in [2.05, 4.69) is 9.94 Å². The molecule has 1 aromatic heterocycles. The number of hydroxylamine groups is 1. The number of nitrogens with one attached hydrogen (secondary N) is 1. The van der Waals surface area contributed by atoms with E-state index in [0.29, 0.717) is 11.3 Å². The van der Waals surface area contributed by atoms with Gasteiger partial charge >= 0.3 is 5.97 Å². The lowest BCUT2D eigenvalue weighted by Crippen LogP contribution is -2.26. The van der Waals surface area contributed by atoms with Gasteiger partial charge in [-0.3, -0.25) is 14.3 Å². The molecule has 0 aromatic carbocycles. The van der Waals surface area contributed by atoms with Gasteiger partial charge in [-0.2, -0.15) is 5.10 Å². The molecule has 0 spiro atoms. The molecule has 1 heterocycles. The number of nitrogens with zero attached hydrogens (tertiary/aromatic N) is 2. The topological polar surface area (TPSA) is 93.5 Å². The maximum atomic E-state index is 11.4. The first-order chi connectivity index (χ1) is 7.00. The maximum absolute atomic E-state index is 11.4. The van der Waals surface area contributed by atoms with Gasteiger partial charge in [0.05, 0.1) is 11.3 Å². The molecule has 15 heavy (non-hydrogen) atoms. The third-order valence-electron chi connectivity index (χ3n) is 1.62. The van der Waals surface area contributed by atoms with Crippen LogP contribution in [-0.2, 0) is 16.7 Å². The van der Waals surface area contributed by atoms with Crippen LogP contribution in [0, 0.1) is 6.92 Å². The Balaban J connectivity index is 2.54. The Hall–Kier alpha value is -1.89. The molecule has 0 radical (unpaired) electrons. The fourth-order valence-corrected chi connectivity index (χ4v) is 1.04. The van der Waals surface area contributed by atoms with E-state index in [1.165, 1.54) is 10.9 Å². The molecule has 2 N–H and O–H groups in total. The number of aromatic nitrogens is 2. The molecule has 0 fully saturated rings. The van der Waals surface area contributed by atoms with E-state index in [-0.39, 0.29) is 0 Å². The molecule has 1 aromatic rings. The lowest BCUT2D eigenvalue weighted by molar-refractivity contribution is -0.144. The Morgan fingerprint density at radius 1 is 1.67 bits per heavy atom. The minimum absolute atomic E-state index is 0.350. The summed E-state index contributed by atoms with van der Waals surface area (Å²) in [5, 5.41) is 12.2. The molecule has 0 aliphatic rings. The number of amides is 1. The fraction of sp³-hybridized carbons (Fsp3) is 0.375. The molecular formula is C8H11N3O4. The molecule has 0 unspecified atom stereocenters. The summed E-state index contributed by atoms with van der Waals surface area (Å²) < 4.78 is 1.49. The van der Waals surface area contributed by atoms with Crippen LogP contribution in [-0.4, -0.2) is 33.4 Å². The van der Waals surface area contributed by atoms with Gasteiger partial charge < -0.3 is 5.11 Å². The smallest absolute Gasteiger partial charge is 0.332 e. The van der Waals surface area contributed by atoms with Gasteiger partial charge in [0.25, 0.3) is 5.91 Å². The zero-order chi connectivity index (χ0) is 11.4. The lowest BCUT2D eigenvalue weighted by atomic mass is 10.2. The zero-order valence-corrected chi connectivity index (χ0v) is 8.35. The Labute approximate surface area is 85.6 Å². The summed E-state index contributed by atoms with van der Waals surface area (Å²) in [4.78, 5) is 25.9. The Morgan fingerprint density at radius 2 is 2.33 bits per heavy atom. The van der Waals surface area contributed by atoms with Gasteiger partial charge in [-0.1, -0.05) is 0 Å². The first-order valence-corrected chi connectivity index (χ1v) is 4.15. The molecule has 0 atom stereocenters. The first kappa shape index (κ1) is 11.2. The molecule has 0 saturated heterocycles. The van der Waals surface area contributed by atoms with Crippen molar-refractivity contribution in [3.63, 3.8) is 0 Å². The van der Waals surface area contributed by atoms with Crippen molar-refractivity contribution < 1.29 is 19.5 Å². The van der Waals surface area contributed by atoms with E-state index >= 15 is 0 Å². The Bertz CT molecular complexity index is 385. The SMILES string of the molecule is Cc1nn(C)cc1C(=O)NOCC(=O)O. The molecule has 1 rings (SSSR count). The summed E-state index contributed by atoms with van der Waals surface area (Å²) in [5.74, 6) is -1.67. The van der Waals surface area contributed by atoms with Gasteiger partial charge in [-0.15, -0.1) is 0 Å². The largest absolute Gasteiger partial charge is 0.479 e. The standard InChI is InChI=1S/C8H11N3O4/c1-5-6(3-11(2)9-5)8(14)10-15-4-7(12)13/h3H,4H2,1-2H3,(H,10,14)(H,12,13). The lowest BCUT2D eigenvalue weighted by Gasteiger charge is -2.01. The zero-order valence-electron chi connectivity index (χ0n) is 8.35. The number of rotatable bonds is 4. The van der Waals surface area contributed by atoms with Crippen LogP contribution in [0.15, 0.2) is 6.20 Å². The summed E-state index contributed by atoms with van der Waals surface area (Å²) in [6, 6.07) is 0. The van der Waals surface area contributed by atoms with Crippen LogP contribution < -0.4 is 5.48 Å². The third kappa shape index (κ3) is 3.06. The van der Waals surface area contributed by atoms with Crippen molar-refractivity contribution >= 4 is 11.9 Å². The third-order valence-corrected chi connectivity index (χ3v) is 1.62. The van der Waals surface area contributed by atoms with Gasteiger partial charge in [0.15, 0.2) is 6.61 Å². The first-order valence-electron chi connectivity index (χ1n) is 4.15. The van der Waals surface area contributed by atoms with E-state index in [1.807, 2.05) is 5.48 Å². The number of carboxylic acids is 1. The van der Waals surface area contributed by atoms with Crippen molar-refractivity contribution in [1.82, 2.24) is 15.3 Å². The molecule has 7 heteroatoms. The summed E-state index contributed by atoms with van der Waals surface area (Å²) in [6.45, 7) is 1.09. The summed E-state index contributed by atoms with van der Waals surface area (Å²) in [7, 11) is 1.68. The van der Waals surface area contributed by atoms with E-state index < -0.39 is 18.5 Å². The minimum atomic E-state index is -1.15. The normalized spacial score (nSPS) is 10.0. The van der Waals surface area contributed by atoms with Gasteiger partial charge in [-0.25, -0.2) is 10.3 Å². The molecule has 0 aliphatic carbocycles. The summed E-state index contributed by atoms with van der Waals surface area (Å²) in [5.41, 5.74) is 2.91. The number of hydrogen-bond acceptors (Lipinski definition) is 4. The average Bonchev–Trinajstić information content (AvgIpc) is 2.44. The van der Waals surface area contributed by atoms with E-state index in [4.69, 9.17) is 5.11 Å².